The monoisotopic (exact) mass is 388 g/mol. The van der Waals surface area contributed by atoms with E-state index in [-0.39, 0.29) is 5.97 Å². The van der Waals surface area contributed by atoms with Crippen LogP contribution in [0.2, 0.25) is 0 Å². The summed E-state index contributed by atoms with van der Waals surface area (Å²) in [4.78, 5) is 12.6. The first kappa shape index (κ1) is 20.1. The van der Waals surface area contributed by atoms with E-state index in [0.717, 1.165) is 24.6 Å². The van der Waals surface area contributed by atoms with Crippen molar-refractivity contribution in [3.8, 4) is 0 Å². The number of hydrogen-bond donors (Lipinski definition) is 0. The Kier molecular flexibility index (Phi) is 7.21. The Morgan fingerprint density at radius 2 is 1.04 bits per heavy atom. The van der Waals surface area contributed by atoms with Gasteiger partial charge in [0.2, 0.25) is 0 Å². The molecule has 0 unspecified atom stereocenters. The van der Waals surface area contributed by atoms with Crippen molar-refractivity contribution in [1.82, 2.24) is 0 Å². The van der Waals surface area contributed by atoms with Crippen molar-refractivity contribution in [3.63, 3.8) is 0 Å². The minimum absolute atomic E-state index is 0.0584. The highest BCUT2D eigenvalue weighted by Gasteiger charge is 2.39. The zero-order valence-electron chi connectivity index (χ0n) is 16.5. The van der Waals surface area contributed by atoms with Crippen molar-refractivity contribution in [2.24, 2.45) is 0 Å². The highest BCUT2D eigenvalue weighted by atomic mass is 28.4. The molecular weight excluding hydrogens is 360 g/mol. The maximum Gasteiger partial charge on any atom is 0.292 e. The van der Waals surface area contributed by atoms with Gasteiger partial charge in [-0.2, -0.15) is 0 Å². The minimum atomic E-state index is -2.47. The van der Waals surface area contributed by atoms with Crippen LogP contribution in [0.25, 0.3) is 0 Å². The van der Waals surface area contributed by atoms with Crippen molar-refractivity contribution in [2.45, 2.75) is 37.9 Å². The zero-order valence-corrected chi connectivity index (χ0v) is 17.5. The molecule has 0 bridgehead atoms. The molecule has 0 saturated heterocycles. The van der Waals surface area contributed by atoms with Crippen molar-refractivity contribution in [3.05, 3.63) is 108 Å². The van der Waals surface area contributed by atoms with Gasteiger partial charge in [0.15, 0.2) is 0 Å². The van der Waals surface area contributed by atoms with E-state index < -0.39 is 8.32 Å². The molecule has 0 fully saturated rings. The van der Waals surface area contributed by atoms with Crippen LogP contribution >= 0.6 is 0 Å². The summed E-state index contributed by atoms with van der Waals surface area (Å²) >= 11 is 0. The SMILES string of the molecule is CCCC(=O)O[Si](Cc1ccccc1)(Cc1ccccc1)Cc1ccccc1. The third-order valence-corrected chi connectivity index (χ3v) is 8.71. The molecular formula is C25H28O2Si. The third-order valence-electron chi connectivity index (χ3n) is 4.89. The Hall–Kier alpha value is -2.65. The van der Waals surface area contributed by atoms with Gasteiger partial charge >= 0.3 is 0 Å². The Bertz CT molecular complexity index is 746. The summed E-state index contributed by atoms with van der Waals surface area (Å²) in [5.74, 6) is -0.0584. The summed E-state index contributed by atoms with van der Waals surface area (Å²) in [6.45, 7) is 2.02. The van der Waals surface area contributed by atoms with E-state index in [1.165, 1.54) is 16.7 Å². The molecule has 0 aliphatic heterocycles. The van der Waals surface area contributed by atoms with E-state index in [1.54, 1.807) is 0 Å². The standard InChI is InChI=1S/C25H28O2Si/c1-2-12-25(26)27-28(19-22-13-6-3-7-14-22,20-23-15-8-4-9-16-23)21-24-17-10-5-11-18-24/h3-11,13-18H,2,12,19-21H2,1H3. The fourth-order valence-corrected chi connectivity index (χ4v) is 7.81. The third kappa shape index (κ3) is 5.93. The molecule has 2 nitrogen and oxygen atoms in total. The number of hydrogen-bond acceptors (Lipinski definition) is 2. The van der Waals surface area contributed by atoms with Gasteiger partial charge in [-0.1, -0.05) is 97.9 Å². The van der Waals surface area contributed by atoms with E-state index in [9.17, 15) is 4.79 Å². The molecule has 3 rings (SSSR count). The lowest BCUT2D eigenvalue weighted by atomic mass is 10.2. The van der Waals surface area contributed by atoms with E-state index in [4.69, 9.17) is 4.43 Å². The Morgan fingerprint density at radius 3 is 1.36 bits per heavy atom. The van der Waals surface area contributed by atoms with Gasteiger partial charge in [0.1, 0.15) is 0 Å². The predicted molar refractivity (Wildman–Crippen MR) is 117 cm³/mol. The van der Waals surface area contributed by atoms with Crippen LogP contribution in [0.15, 0.2) is 91.0 Å². The lowest BCUT2D eigenvalue weighted by Gasteiger charge is -2.32. The largest absolute Gasteiger partial charge is 0.518 e. The van der Waals surface area contributed by atoms with Crippen molar-refractivity contribution in [1.29, 1.82) is 0 Å². The van der Waals surface area contributed by atoms with Crippen molar-refractivity contribution >= 4 is 14.3 Å². The first-order valence-corrected chi connectivity index (χ1v) is 12.6. The molecule has 3 heteroatoms. The zero-order chi connectivity index (χ0) is 19.7. The van der Waals surface area contributed by atoms with Crippen molar-refractivity contribution < 1.29 is 9.22 Å². The summed E-state index contributed by atoms with van der Waals surface area (Å²) in [6, 6.07) is 33.8. The van der Waals surface area contributed by atoms with E-state index >= 15 is 0 Å². The molecule has 0 N–H and O–H groups in total. The average molecular weight is 389 g/mol. The maximum absolute atomic E-state index is 12.6. The first-order valence-electron chi connectivity index (χ1n) is 10.0. The fraction of sp³-hybridized carbons (Fsp3) is 0.240. The van der Waals surface area contributed by atoms with Crippen LogP contribution in [0.4, 0.5) is 0 Å². The maximum atomic E-state index is 12.6. The summed E-state index contributed by atoms with van der Waals surface area (Å²) in [6.07, 6.45) is 1.29. The summed E-state index contributed by atoms with van der Waals surface area (Å²) < 4.78 is 6.39. The Morgan fingerprint density at radius 1 is 0.679 bits per heavy atom. The number of rotatable bonds is 9. The summed E-state index contributed by atoms with van der Waals surface area (Å²) in [5, 5.41) is 0. The van der Waals surface area contributed by atoms with Crippen LogP contribution in [0.3, 0.4) is 0 Å². The van der Waals surface area contributed by atoms with E-state index in [0.29, 0.717) is 6.42 Å². The molecule has 0 radical (unpaired) electrons. The van der Waals surface area contributed by atoms with Gasteiger partial charge in [-0.15, -0.1) is 0 Å². The molecule has 0 aliphatic rings. The average Bonchev–Trinajstić information content (AvgIpc) is 2.70. The lowest BCUT2D eigenvalue weighted by molar-refractivity contribution is -0.135. The van der Waals surface area contributed by atoms with Crippen LogP contribution in [-0.2, 0) is 27.4 Å². The minimum Gasteiger partial charge on any atom is -0.518 e. The molecule has 0 aromatic heterocycles. The van der Waals surface area contributed by atoms with Gasteiger partial charge in [-0.25, -0.2) is 0 Å². The summed E-state index contributed by atoms with van der Waals surface area (Å²) in [5.41, 5.74) is 3.72. The van der Waals surface area contributed by atoms with Crippen LogP contribution < -0.4 is 0 Å². The second kappa shape index (κ2) is 10.0. The number of carbonyl (C=O) groups is 1. The molecule has 28 heavy (non-hydrogen) atoms. The topological polar surface area (TPSA) is 26.3 Å². The normalized spacial score (nSPS) is 11.2. The van der Waals surface area contributed by atoms with E-state index in [2.05, 4.69) is 72.8 Å². The molecule has 0 spiro atoms. The molecule has 0 amide bonds. The number of benzene rings is 3. The second-order valence-corrected chi connectivity index (χ2v) is 11.0. The molecule has 3 aromatic carbocycles. The van der Waals surface area contributed by atoms with Crippen LogP contribution in [0, 0.1) is 0 Å². The lowest BCUT2D eigenvalue weighted by Crippen LogP contribution is -2.49. The molecule has 0 aliphatic carbocycles. The van der Waals surface area contributed by atoms with Gasteiger partial charge in [0, 0.05) is 24.6 Å². The molecule has 144 valence electrons. The quantitative estimate of drug-likeness (QED) is 0.445. The molecule has 3 aromatic rings. The van der Waals surface area contributed by atoms with Crippen molar-refractivity contribution in [2.75, 3.05) is 0 Å². The van der Waals surface area contributed by atoms with Crippen LogP contribution in [-0.4, -0.2) is 14.3 Å². The van der Waals surface area contributed by atoms with Gasteiger partial charge in [-0.05, 0) is 23.1 Å². The first-order chi connectivity index (χ1) is 13.7. The van der Waals surface area contributed by atoms with Gasteiger partial charge in [0.25, 0.3) is 14.3 Å². The van der Waals surface area contributed by atoms with Crippen LogP contribution in [0.5, 0.6) is 0 Å². The van der Waals surface area contributed by atoms with Gasteiger partial charge in [0.05, 0.1) is 0 Å². The predicted octanol–water partition coefficient (Wildman–Crippen LogP) is 5.62. The second-order valence-electron chi connectivity index (χ2n) is 7.39. The van der Waals surface area contributed by atoms with E-state index in [1.807, 2.05) is 25.1 Å². The number of carbonyl (C=O) groups excluding carboxylic acids is 1. The fourth-order valence-electron chi connectivity index (χ4n) is 3.70. The Balaban J connectivity index is 1.98. The molecule has 0 heterocycles. The molecule has 0 saturated carbocycles. The Labute approximate surface area is 169 Å². The highest BCUT2D eigenvalue weighted by Crippen LogP contribution is 2.25. The smallest absolute Gasteiger partial charge is 0.292 e. The highest BCUT2D eigenvalue weighted by molar-refractivity contribution is 6.73. The summed E-state index contributed by atoms with van der Waals surface area (Å²) in [7, 11) is -2.47. The van der Waals surface area contributed by atoms with Gasteiger partial charge < -0.3 is 4.43 Å². The van der Waals surface area contributed by atoms with Crippen LogP contribution in [0.1, 0.15) is 36.5 Å². The molecule has 0 atom stereocenters. The van der Waals surface area contributed by atoms with Gasteiger partial charge in [-0.3, -0.25) is 4.79 Å².